The average molecular weight is 260 g/mol. The molecule has 0 heterocycles. The van der Waals surface area contributed by atoms with Crippen molar-refractivity contribution < 1.29 is 4.79 Å². The van der Waals surface area contributed by atoms with Crippen LogP contribution in [0.2, 0.25) is 0 Å². The first kappa shape index (κ1) is 15.3. The SMILES string of the molecule is CC(=O)NCCC=Cc1cc(C(C)(C)C)ccc1N. The lowest BCUT2D eigenvalue weighted by Crippen LogP contribution is -2.20. The van der Waals surface area contributed by atoms with Crippen molar-refractivity contribution in [1.82, 2.24) is 5.32 Å². The number of benzene rings is 1. The lowest BCUT2D eigenvalue weighted by molar-refractivity contribution is -0.118. The molecule has 3 N–H and O–H groups in total. The van der Waals surface area contributed by atoms with Gasteiger partial charge < -0.3 is 11.1 Å². The van der Waals surface area contributed by atoms with E-state index in [4.69, 9.17) is 5.73 Å². The maximum Gasteiger partial charge on any atom is 0.216 e. The molecule has 104 valence electrons. The second kappa shape index (κ2) is 6.41. The van der Waals surface area contributed by atoms with Crippen LogP contribution in [0.5, 0.6) is 0 Å². The molecule has 0 radical (unpaired) electrons. The van der Waals surface area contributed by atoms with Crippen molar-refractivity contribution in [2.75, 3.05) is 12.3 Å². The van der Waals surface area contributed by atoms with E-state index in [1.807, 2.05) is 18.2 Å². The van der Waals surface area contributed by atoms with Crippen LogP contribution in [0.25, 0.3) is 6.08 Å². The van der Waals surface area contributed by atoms with Gasteiger partial charge in [-0.15, -0.1) is 0 Å². The quantitative estimate of drug-likeness (QED) is 0.645. The number of hydrogen-bond donors (Lipinski definition) is 2. The van der Waals surface area contributed by atoms with Crippen LogP contribution >= 0.6 is 0 Å². The Morgan fingerprint density at radius 2 is 2.05 bits per heavy atom. The summed E-state index contributed by atoms with van der Waals surface area (Å²) in [5, 5.41) is 2.76. The zero-order valence-electron chi connectivity index (χ0n) is 12.3. The zero-order valence-corrected chi connectivity index (χ0v) is 12.3. The number of nitrogens with two attached hydrogens (primary N) is 1. The fourth-order valence-corrected chi connectivity index (χ4v) is 1.73. The summed E-state index contributed by atoms with van der Waals surface area (Å²) in [6.07, 6.45) is 4.86. The monoisotopic (exact) mass is 260 g/mol. The summed E-state index contributed by atoms with van der Waals surface area (Å²) < 4.78 is 0. The van der Waals surface area contributed by atoms with Gasteiger partial charge in [0, 0.05) is 19.2 Å². The van der Waals surface area contributed by atoms with Crippen molar-refractivity contribution in [3.05, 3.63) is 35.4 Å². The Labute approximate surface area is 115 Å². The van der Waals surface area contributed by atoms with E-state index >= 15 is 0 Å². The molecule has 0 bridgehead atoms. The largest absolute Gasteiger partial charge is 0.398 e. The first-order valence-electron chi connectivity index (χ1n) is 6.61. The van der Waals surface area contributed by atoms with Gasteiger partial charge in [-0.25, -0.2) is 0 Å². The van der Waals surface area contributed by atoms with Crippen molar-refractivity contribution in [1.29, 1.82) is 0 Å². The molecule has 3 heteroatoms. The molecule has 0 aliphatic heterocycles. The number of anilines is 1. The van der Waals surface area contributed by atoms with Crippen LogP contribution in [0.1, 0.15) is 45.2 Å². The average Bonchev–Trinajstić information content (AvgIpc) is 2.29. The molecule has 0 spiro atoms. The smallest absolute Gasteiger partial charge is 0.216 e. The van der Waals surface area contributed by atoms with Crippen LogP contribution in [0, 0.1) is 0 Å². The van der Waals surface area contributed by atoms with Gasteiger partial charge >= 0.3 is 0 Å². The molecular weight excluding hydrogens is 236 g/mol. The molecule has 1 aromatic carbocycles. The predicted molar refractivity (Wildman–Crippen MR) is 81.9 cm³/mol. The van der Waals surface area contributed by atoms with E-state index < -0.39 is 0 Å². The molecule has 0 aliphatic rings. The van der Waals surface area contributed by atoms with E-state index in [1.165, 1.54) is 12.5 Å². The van der Waals surface area contributed by atoms with Crippen molar-refractivity contribution in [2.24, 2.45) is 0 Å². The van der Waals surface area contributed by atoms with Gasteiger partial charge in [0.1, 0.15) is 0 Å². The highest BCUT2D eigenvalue weighted by Crippen LogP contribution is 2.26. The molecule has 1 amide bonds. The summed E-state index contributed by atoms with van der Waals surface area (Å²) in [6, 6.07) is 6.16. The summed E-state index contributed by atoms with van der Waals surface area (Å²) in [7, 11) is 0. The van der Waals surface area contributed by atoms with Crippen LogP contribution in [-0.2, 0) is 10.2 Å². The summed E-state index contributed by atoms with van der Waals surface area (Å²) in [6.45, 7) is 8.73. The van der Waals surface area contributed by atoms with Crippen LogP contribution in [0.15, 0.2) is 24.3 Å². The number of rotatable bonds is 4. The Balaban J connectivity index is 2.72. The van der Waals surface area contributed by atoms with Gasteiger partial charge in [-0.3, -0.25) is 4.79 Å². The standard InChI is InChI=1S/C16H24N2O/c1-12(19)18-10-6-5-7-13-11-14(16(2,3)4)8-9-15(13)17/h5,7-9,11H,6,10,17H2,1-4H3,(H,18,19). The molecule has 1 aromatic rings. The maximum atomic E-state index is 10.7. The van der Waals surface area contributed by atoms with Crippen molar-refractivity contribution in [3.8, 4) is 0 Å². The molecule has 0 fully saturated rings. The third-order valence-corrected chi connectivity index (χ3v) is 2.94. The fraction of sp³-hybridized carbons (Fsp3) is 0.438. The molecule has 0 atom stereocenters. The van der Waals surface area contributed by atoms with Crippen LogP contribution < -0.4 is 11.1 Å². The predicted octanol–water partition coefficient (Wildman–Crippen LogP) is 3.11. The Bertz CT molecular complexity index is 470. The maximum absolute atomic E-state index is 10.7. The minimum absolute atomic E-state index is 0.00245. The molecule has 0 aromatic heterocycles. The number of nitrogens with one attached hydrogen (secondary N) is 1. The molecular formula is C16H24N2O. The zero-order chi connectivity index (χ0) is 14.5. The Morgan fingerprint density at radius 1 is 1.37 bits per heavy atom. The summed E-state index contributed by atoms with van der Waals surface area (Å²) in [4.78, 5) is 10.7. The number of hydrogen-bond acceptors (Lipinski definition) is 2. The van der Waals surface area contributed by atoms with E-state index in [2.05, 4.69) is 38.2 Å². The molecule has 19 heavy (non-hydrogen) atoms. The van der Waals surface area contributed by atoms with Crippen molar-refractivity contribution >= 4 is 17.7 Å². The first-order valence-corrected chi connectivity index (χ1v) is 6.61. The van der Waals surface area contributed by atoms with E-state index in [0.29, 0.717) is 6.54 Å². The van der Waals surface area contributed by atoms with Crippen LogP contribution in [0.3, 0.4) is 0 Å². The van der Waals surface area contributed by atoms with Crippen molar-refractivity contribution in [3.63, 3.8) is 0 Å². The van der Waals surface area contributed by atoms with E-state index in [0.717, 1.165) is 17.7 Å². The van der Waals surface area contributed by atoms with Crippen LogP contribution in [0.4, 0.5) is 5.69 Å². The van der Waals surface area contributed by atoms with E-state index in [1.54, 1.807) is 0 Å². The van der Waals surface area contributed by atoms with Gasteiger partial charge in [-0.1, -0.05) is 39.0 Å². The molecule has 0 saturated heterocycles. The lowest BCUT2D eigenvalue weighted by Gasteiger charge is -2.20. The Hall–Kier alpha value is -1.77. The second-order valence-electron chi connectivity index (χ2n) is 5.77. The first-order chi connectivity index (χ1) is 8.80. The number of nitrogen functional groups attached to an aromatic ring is 1. The Morgan fingerprint density at radius 3 is 2.63 bits per heavy atom. The molecule has 0 unspecified atom stereocenters. The van der Waals surface area contributed by atoms with Gasteiger partial charge in [0.2, 0.25) is 5.91 Å². The molecule has 0 aliphatic carbocycles. The van der Waals surface area contributed by atoms with Gasteiger partial charge in [0.15, 0.2) is 0 Å². The number of amides is 1. The second-order valence-corrected chi connectivity index (χ2v) is 5.77. The highest BCUT2D eigenvalue weighted by atomic mass is 16.1. The van der Waals surface area contributed by atoms with E-state index in [-0.39, 0.29) is 11.3 Å². The normalized spacial score (nSPS) is 11.8. The summed E-state index contributed by atoms with van der Waals surface area (Å²) >= 11 is 0. The summed E-state index contributed by atoms with van der Waals surface area (Å²) in [5.74, 6) is 0.00245. The minimum atomic E-state index is 0.00245. The number of carbonyl (C=O) groups excluding carboxylic acids is 1. The third kappa shape index (κ3) is 5.16. The fourth-order valence-electron chi connectivity index (χ4n) is 1.73. The molecule has 3 nitrogen and oxygen atoms in total. The van der Waals surface area contributed by atoms with Crippen molar-refractivity contribution in [2.45, 2.75) is 39.5 Å². The highest BCUT2D eigenvalue weighted by molar-refractivity contribution is 5.72. The molecule has 0 saturated carbocycles. The lowest BCUT2D eigenvalue weighted by atomic mass is 9.86. The van der Waals surface area contributed by atoms with Gasteiger partial charge in [-0.2, -0.15) is 0 Å². The highest BCUT2D eigenvalue weighted by Gasteiger charge is 2.14. The van der Waals surface area contributed by atoms with Gasteiger partial charge in [-0.05, 0) is 35.1 Å². The van der Waals surface area contributed by atoms with Gasteiger partial charge in [0.25, 0.3) is 0 Å². The summed E-state index contributed by atoms with van der Waals surface area (Å²) in [5.41, 5.74) is 9.18. The topological polar surface area (TPSA) is 55.1 Å². The van der Waals surface area contributed by atoms with E-state index in [9.17, 15) is 4.79 Å². The van der Waals surface area contributed by atoms with Crippen LogP contribution in [-0.4, -0.2) is 12.5 Å². The number of carbonyl (C=O) groups is 1. The molecule has 1 rings (SSSR count). The van der Waals surface area contributed by atoms with Gasteiger partial charge in [0.05, 0.1) is 0 Å². The minimum Gasteiger partial charge on any atom is -0.398 e. The Kier molecular flexibility index (Phi) is 5.16. The third-order valence-electron chi connectivity index (χ3n) is 2.94.